The van der Waals surface area contributed by atoms with E-state index in [1.165, 1.54) is 11.5 Å². The van der Waals surface area contributed by atoms with Crippen molar-refractivity contribution in [2.45, 2.75) is 4.90 Å². The van der Waals surface area contributed by atoms with Gasteiger partial charge in [-0.15, -0.1) is 0 Å². The second kappa shape index (κ2) is 2.64. The van der Waals surface area contributed by atoms with Crippen LogP contribution < -0.4 is 0 Å². The minimum absolute atomic E-state index is 0.267. The van der Waals surface area contributed by atoms with Crippen LogP contribution >= 0.6 is 0 Å². The number of sulfone groups is 1. The number of hydrogen-bond donors (Lipinski definition) is 0. The second-order valence-electron chi connectivity index (χ2n) is 3.29. The van der Waals surface area contributed by atoms with Crippen molar-refractivity contribution in [3.8, 4) is 0 Å². The average molecular weight is 218 g/mol. The highest BCUT2D eigenvalue weighted by Crippen LogP contribution is 2.27. The van der Waals surface area contributed by atoms with Gasteiger partial charge in [-0.2, -0.15) is 0 Å². The maximum absolute atomic E-state index is 11.5. The predicted molar refractivity (Wildman–Crippen MR) is 55.8 cm³/mol. The first-order chi connectivity index (χ1) is 7.17. The Bertz CT molecular complexity index is 690. The van der Waals surface area contributed by atoms with Crippen LogP contribution in [0.15, 0.2) is 34.8 Å². The van der Waals surface area contributed by atoms with E-state index in [0.717, 1.165) is 10.9 Å². The molecule has 15 heavy (non-hydrogen) atoms. The lowest BCUT2D eigenvalue weighted by Gasteiger charge is -2.00. The van der Waals surface area contributed by atoms with Crippen LogP contribution in [0.3, 0.4) is 0 Å². The smallest absolute Gasteiger partial charge is 0.202 e. The molecule has 0 amide bonds. The van der Waals surface area contributed by atoms with Crippen molar-refractivity contribution in [2.24, 2.45) is 0 Å². The molecule has 1 aliphatic heterocycles. The number of aromatic nitrogens is 2. The molecule has 0 saturated heterocycles. The van der Waals surface area contributed by atoms with Gasteiger partial charge < -0.3 is 0 Å². The Morgan fingerprint density at radius 1 is 1.27 bits per heavy atom. The zero-order valence-electron chi connectivity index (χ0n) is 7.58. The molecule has 3 rings (SSSR count). The van der Waals surface area contributed by atoms with E-state index < -0.39 is 9.84 Å². The summed E-state index contributed by atoms with van der Waals surface area (Å²) in [5.74, 6) is 0. The Hall–Kier alpha value is -1.75. The fraction of sp³-hybridized carbons (Fsp3) is 0. The van der Waals surface area contributed by atoms with Gasteiger partial charge in [0.05, 0.1) is 16.1 Å². The Morgan fingerprint density at radius 3 is 3.00 bits per heavy atom. The van der Waals surface area contributed by atoms with Gasteiger partial charge in [0.2, 0.25) is 9.84 Å². The van der Waals surface area contributed by atoms with Crippen LogP contribution in [0.5, 0.6) is 0 Å². The molecule has 0 N–H and O–H groups in total. The first-order valence-electron chi connectivity index (χ1n) is 4.35. The number of nitrogens with zero attached hydrogens (tertiary/aromatic N) is 2. The molecule has 0 unspecified atom stereocenters. The molecule has 2 aromatic rings. The highest BCUT2D eigenvalue weighted by Gasteiger charge is 2.22. The van der Waals surface area contributed by atoms with Crippen LogP contribution in [0.25, 0.3) is 17.0 Å². The molecule has 0 saturated carbocycles. The summed E-state index contributed by atoms with van der Waals surface area (Å²) in [5, 5.41) is 1.92. The van der Waals surface area contributed by atoms with E-state index in [2.05, 4.69) is 9.97 Å². The third-order valence-corrected chi connectivity index (χ3v) is 3.75. The number of fused-ring (bicyclic) bond motifs is 2. The van der Waals surface area contributed by atoms with E-state index in [4.69, 9.17) is 0 Å². The van der Waals surface area contributed by atoms with Crippen LogP contribution in [0.1, 0.15) is 5.69 Å². The first kappa shape index (κ1) is 8.55. The summed E-state index contributed by atoms with van der Waals surface area (Å²) in [5.41, 5.74) is 1.26. The highest BCUT2D eigenvalue weighted by molar-refractivity contribution is 7.94. The van der Waals surface area contributed by atoms with Gasteiger partial charge in [0, 0.05) is 23.2 Å². The number of pyridine rings is 2. The van der Waals surface area contributed by atoms with Gasteiger partial charge >= 0.3 is 0 Å². The van der Waals surface area contributed by atoms with E-state index >= 15 is 0 Å². The molecule has 3 heterocycles. The zero-order chi connectivity index (χ0) is 10.5. The third kappa shape index (κ3) is 1.16. The Labute approximate surface area is 86.2 Å². The Morgan fingerprint density at radius 2 is 2.13 bits per heavy atom. The fourth-order valence-corrected chi connectivity index (χ4v) is 2.74. The van der Waals surface area contributed by atoms with E-state index in [0.29, 0.717) is 5.69 Å². The van der Waals surface area contributed by atoms with Crippen molar-refractivity contribution >= 4 is 26.8 Å². The topological polar surface area (TPSA) is 59.9 Å². The van der Waals surface area contributed by atoms with E-state index in [1.54, 1.807) is 24.5 Å². The zero-order valence-corrected chi connectivity index (χ0v) is 8.40. The molecule has 0 radical (unpaired) electrons. The standard InChI is InChI=1S/C10H6N2O2S/c13-15(14)4-2-9-10(15)5-7-6-11-3-1-8(7)12-9/h1-6H. The van der Waals surface area contributed by atoms with Crippen molar-refractivity contribution in [2.75, 3.05) is 0 Å². The van der Waals surface area contributed by atoms with Crippen LogP contribution in [0, 0.1) is 0 Å². The van der Waals surface area contributed by atoms with Crippen LogP contribution in [0.2, 0.25) is 0 Å². The van der Waals surface area contributed by atoms with E-state index in [1.807, 2.05) is 0 Å². The van der Waals surface area contributed by atoms with Gasteiger partial charge in [-0.25, -0.2) is 13.4 Å². The van der Waals surface area contributed by atoms with Crippen molar-refractivity contribution in [1.82, 2.24) is 9.97 Å². The molecule has 0 bridgehead atoms. The van der Waals surface area contributed by atoms with Gasteiger partial charge in [-0.3, -0.25) is 4.98 Å². The number of hydrogen-bond acceptors (Lipinski definition) is 4. The molecule has 0 aliphatic carbocycles. The molecule has 0 atom stereocenters. The lowest BCUT2D eigenvalue weighted by atomic mass is 10.2. The maximum Gasteiger partial charge on any atom is 0.202 e. The van der Waals surface area contributed by atoms with Crippen molar-refractivity contribution in [3.05, 3.63) is 35.6 Å². The summed E-state index contributed by atoms with van der Waals surface area (Å²) in [6.07, 6.45) is 4.76. The van der Waals surface area contributed by atoms with Crippen LogP contribution in [-0.4, -0.2) is 18.4 Å². The molecule has 74 valence electrons. The lowest BCUT2D eigenvalue weighted by Crippen LogP contribution is -1.95. The summed E-state index contributed by atoms with van der Waals surface area (Å²) in [6, 6.07) is 3.37. The lowest BCUT2D eigenvalue weighted by molar-refractivity contribution is 0.605. The summed E-state index contributed by atoms with van der Waals surface area (Å²) in [4.78, 5) is 8.44. The molecule has 2 aromatic heterocycles. The Kier molecular flexibility index (Phi) is 1.50. The van der Waals surface area contributed by atoms with Gasteiger partial charge in [-0.1, -0.05) is 0 Å². The largest absolute Gasteiger partial charge is 0.264 e. The molecule has 0 spiro atoms. The molecule has 4 nitrogen and oxygen atoms in total. The summed E-state index contributed by atoms with van der Waals surface area (Å²) in [6.45, 7) is 0. The van der Waals surface area contributed by atoms with Crippen molar-refractivity contribution < 1.29 is 8.42 Å². The highest BCUT2D eigenvalue weighted by atomic mass is 32.2. The average Bonchev–Trinajstić information content (AvgIpc) is 2.52. The molecular weight excluding hydrogens is 212 g/mol. The van der Waals surface area contributed by atoms with E-state index in [9.17, 15) is 8.42 Å². The minimum atomic E-state index is -3.27. The fourth-order valence-electron chi connectivity index (χ4n) is 1.59. The van der Waals surface area contributed by atoms with Gasteiger partial charge in [-0.05, 0) is 18.2 Å². The SMILES string of the molecule is O=S1(=O)C=Cc2nc3ccncc3cc21. The molecule has 1 aliphatic rings. The van der Waals surface area contributed by atoms with Crippen molar-refractivity contribution in [1.29, 1.82) is 0 Å². The van der Waals surface area contributed by atoms with Gasteiger partial charge in [0.1, 0.15) is 0 Å². The second-order valence-corrected chi connectivity index (χ2v) is 5.09. The van der Waals surface area contributed by atoms with Crippen LogP contribution in [-0.2, 0) is 9.84 Å². The Balaban J connectivity index is 2.47. The molecule has 5 heteroatoms. The maximum atomic E-state index is 11.5. The van der Waals surface area contributed by atoms with Crippen LogP contribution in [0.4, 0.5) is 0 Å². The van der Waals surface area contributed by atoms with E-state index in [-0.39, 0.29) is 4.90 Å². The summed E-state index contributed by atoms with van der Waals surface area (Å²) >= 11 is 0. The predicted octanol–water partition coefficient (Wildman–Crippen LogP) is 1.39. The van der Waals surface area contributed by atoms with Gasteiger partial charge in [0.25, 0.3) is 0 Å². The molecule has 0 fully saturated rings. The first-order valence-corrected chi connectivity index (χ1v) is 5.89. The number of rotatable bonds is 0. The normalized spacial score (nSPS) is 16.8. The third-order valence-electron chi connectivity index (χ3n) is 2.32. The van der Waals surface area contributed by atoms with Gasteiger partial charge in [0.15, 0.2) is 0 Å². The molecular formula is C10H6N2O2S. The summed E-state index contributed by atoms with van der Waals surface area (Å²) in [7, 11) is -3.27. The quantitative estimate of drug-likeness (QED) is 0.670. The molecule has 0 aromatic carbocycles. The van der Waals surface area contributed by atoms with Crippen molar-refractivity contribution in [3.63, 3.8) is 0 Å². The monoisotopic (exact) mass is 218 g/mol. The summed E-state index contributed by atoms with van der Waals surface area (Å²) < 4.78 is 23.1. The minimum Gasteiger partial charge on any atom is -0.264 e.